The molecule has 82 valence electrons. The molecule has 2 rings (SSSR count). The van der Waals surface area contributed by atoms with Gasteiger partial charge in [0.1, 0.15) is 0 Å². The van der Waals surface area contributed by atoms with E-state index in [9.17, 15) is 0 Å². The van der Waals surface area contributed by atoms with Gasteiger partial charge in [0.15, 0.2) is 0 Å². The van der Waals surface area contributed by atoms with E-state index in [1.54, 1.807) is 0 Å². The van der Waals surface area contributed by atoms with Crippen molar-refractivity contribution in [2.75, 3.05) is 0 Å². The second-order valence-electron chi connectivity index (χ2n) is 3.69. The molecule has 0 spiro atoms. The summed E-state index contributed by atoms with van der Waals surface area (Å²) in [6, 6.07) is 20.3. The normalized spacial score (nSPS) is 9.18. The van der Waals surface area contributed by atoms with Crippen LogP contribution in [0.5, 0.6) is 0 Å². The fraction of sp³-hybridized carbons (Fsp3) is 0. The van der Waals surface area contributed by atoms with Crippen LogP contribution >= 0.6 is 0 Å². The molecule has 0 fully saturated rings. The van der Waals surface area contributed by atoms with E-state index in [1.807, 2.05) is 36.4 Å². The van der Waals surface area contributed by atoms with Crippen LogP contribution in [-0.2, 0) is 0 Å². The molecule has 0 aliphatic rings. The number of rotatable bonds is 3. The van der Waals surface area contributed by atoms with E-state index in [0.717, 1.165) is 22.3 Å². The molecule has 0 atom stereocenters. The Morgan fingerprint density at radius 2 is 0.882 bits per heavy atom. The Morgan fingerprint density at radius 3 is 1.18 bits per heavy atom. The van der Waals surface area contributed by atoms with Gasteiger partial charge in [-0.15, -0.1) is 0 Å². The number of hydrogen-bond donors (Lipinski definition) is 0. The largest absolute Gasteiger partial charge is 0.316 e. The highest BCUT2D eigenvalue weighted by atomic mass is 24.3. The molecular weight excluding hydrogens is 216 g/mol. The van der Waals surface area contributed by atoms with Crippen molar-refractivity contribution in [3.05, 3.63) is 84.9 Å². The number of hydrogen-bond acceptors (Lipinski definition) is 0. The van der Waals surface area contributed by atoms with E-state index in [4.69, 9.17) is 0 Å². The van der Waals surface area contributed by atoms with Crippen LogP contribution in [0.3, 0.4) is 0 Å². The van der Waals surface area contributed by atoms with Gasteiger partial charge in [-0.1, -0.05) is 73.8 Å². The quantitative estimate of drug-likeness (QED) is 0.561. The fourth-order valence-corrected chi connectivity index (χ4v) is 1.63. The molecule has 0 unspecified atom stereocenters. The fourth-order valence-electron chi connectivity index (χ4n) is 1.63. The standard InChI is InChI=1S/C16H14.Mg.2H/c1-13(15-9-5-3-6-10-15)14(2)16-11-7-4-8-12-16;;;/h3-12H,1-2H2;;;. The third-order valence-corrected chi connectivity index (χ3v) is 2.61. The third kappa shape index (κ3) is 3.32. The first-order valence-electron chi connectivity index (χ1n) is 5.28. The topological polar surface area (TPSA) is 0 Å². The van der Waals surface area contributed by atoms with Crippen LogP contribution in [-0.4, -0.2) is 23.1 Å². The van der Waals surface area contributed by atoms with E-state index >= 15 is 0 Å². The first-order valence-corrected chi connectivity index (χ1v) is 5.28. The molecule has 0 N–H and O–H groups in total. The van der Waals surface area contributed by atoms with Gasteiger partial charge in [0, 0.05) is 0 Å². The van der Waals surface area contributed by atoms with Gasteiger partial charge in [0.05, 0.1) is 0 Å². The minimum Gasteiger partial charge on any atom is -0.0906 e. The molecule has 2 aromatic rings. The van der Waals surface area contributed by atoms with Crippen molar-refractivity contribution in [2.24, 2.45) is 0 Å². The summed E-state index contributed by atoms with van der Waals surface area (Å²) in [5.41, 5.74) is 4.20. The smallest absolute Gasteiger partial charge is 0.0906 e. The zero-order valence-electron chi connectivity index (χ0n) is 9.19. The van der Waals surface area contributed by atoms with E-state index < -0.39 is 0 Å². The average Bonchev–Trinajstić information content (AvgIpc) is 2.39. The average molecular weight is 233 g/mol. The molecule has 0 radical (unpaired) electrons. The van der Waals surface area contributed by atoms with Crippen LogP contribution in [0.2, 0.25) is 0 Å². The summed E-state index contributed by atoms with van der Waals surface area (Å²) in [5, 5.41) is 0. The lowest BCUT2D eigenvalue weighted by Gasteiger charge is -2.09. The highest BCUT2D eigenvalue weighted by Gasteiger charge is 2.04. The van der Waals surface area contributed by atoms with Crippen LogP contribution in [0.15, 0.2) is 73.8 Å². The Kier molecular flexibility index (Phi) is 5.20. The zero-order chi connectivity index (χ0) is 11.4. The van der Waals surface area contributed by atoms with Gasteiger partial charge in [-0.2, -0.15) is 0 Å². The van der Waals surface area contributed by atoms with Crippen molar-refractivity contribution >= 4 is 34.2 Å². The number of benzene rings is 2. The maximum absolute atomic E-state index is 4.10. The summed E-state index contributed by atoms with van der Waals surface area (Å²) in [6.45, 7) is 8.20. The van der Waals surface area contributed by atoms with Crippen LogP contribution in [0.1, 0.15) is 11.1 Å². The lowest BCUT2D eigenvalue weighted by molar-refractivity contribution is 1.60. The van der Waals surface area contributed by atoms with Crippen molar-refractivity contribution in [3.8, 4) is 0 Å². The van der Waals surface area contributed by atoms with Crippen molar-refractivity contribution in [1.29, 1.82) is 0 Å². The molecule has 0 nitrogen and oxygen atoms in total. The highest BCUT2D eigenvalue weighted by molar-refractivity contribution is 6.02. The molecule has 0 aliphatic carbocycles. The Labute approximate surface area is 119 Å². The summed E-state index contributed by atoms with van der Waals surface area (Å²) in [5.74, 6) is 0. The van der Waals surface area contributed by atoms with E-state index in [1.165, 1.54) is 0 Å². The minimum atomic E-state index is 0. The Balaban J connectivity index is 0.00000144. The van der Waals surface area contributed by atoms with Crippen LogP contribution in [0, 0.1) is 0 Å². The van der Waals surface area contributed by atoms with Crippen molar-refractivity contribution in [2.45, 2.75) is 0 Å². The van der Waals surface area contributed by atoms with E-state index in [2.05, 4.69) is 37.4 Å². The maximum Gasteiger partial charge on any atom is 0.316 e. The summed E-state index contributed by atoms with van der Waals surface area (Å²) in [6.07, 6.45) is 0. The summed E-state index contributed by atoms with van der Waals surface area (Å²) in [7, 11) is 0. The molecule has 0 amide bonds. The molecule has 0 bridgehead atoms. The predicted molar refractivity (Wildman–Crippen MR) is 79.5 cm³/mol. The molecular formula is C16H16Mg. The molecule has 0 aromatic heterocycles. The van der Waals surface area contributed by atoms with Crippen molar-refractivity contribution in [3.63, 3.8) is 0 Å². The van der Waals surface area contributed by atoms with Gasteiger partial charge in [-0.3, -0.25) is 0 Å². The van der Waals surface area contributed by atoms with E-state index in [-0.39, 0.29) is 23.1 Å². The van der Waals surface area contributed by atoms with Gasteiger partial charge in [0.2, 0.25) is 0 Å². The summed E-state index contributed by atoms with van der Waals surface area (Å²) >= 11 is 0. The second-order valence-corrected chi connectivity index (χ2v) is 3.69. The molecule has 17 heavy (non-hydrogen) atoms. The lowest BCUT2D eigenvalue weighted by Crippen LogP contribution is -1.86. The van der Waals surface area contributed by atoms with Crippen LogP contribution < -0.4 is 0 Å². The number of allylic oxidation sites excluding steroid dienone is 2. The molecule has 1 heteroatoms. The molecule has 0 saturated heterocycles. The van der Waals surface area contributed by atoms with Crippen LogP contribution in [0.25, 0.3) is 11.1 Å². The van der Waals surface area contributed by atoms with Gasteiger partial charge >= 0.3 is 23.1 Å². The molecule has 0 saturated carbocycles. The van der Waals surface area contributed by atoms with Gasteiger partial charge in [0.25, 0.3) is 0 Å². The van der Waals surface area contributed by atoms with Crippen molar-refractivity contribution < 1.29 is 0 Å². The summed E-state index contributed by atoms with van der Waals surface area (Å²) < 4.78 is 0. The second kappa shape index (κ2) is 6.43. The predicted octanol–water partition coefficient (Wildman–Crippen LogP) is 3.50. The monoisotopic (exact) mass is 232 g/mol. The zero-order valence-corrected chi connectivity index (χ0v) is 9.19. The van der Waals surface area contributed by atoms with Gasteiger partial charge in [-0.25, -0.2) is 0 Å². The molecule has 0 heterocycles. The van der Waals surface area contributed by atoms with Crippen LogP contribution in [0.4, 0.5) is 0 Å². The summed E-state index contributed by atoms with van der Waals surface area (Å²) in [4.78, 5) is 0. The van der Waals surface area contributed by atoms with E-state index in [0.29, 0.717) is 0 Å². The maximum atomic E-state index is 4.10. The first-order chi connectivity index (χ1) is 7.79. The lowest BCUT2D eigenvalue weighted by atomic mass is 9.95. The van der Waals surface area contributed by atoms with Gasteiger partial charge < -0.3 is 0 Å². The Hall–Kier alpha value is -1.31. The first kappa shape index (κ1) is 13.7. The molecule has 0 aliphatic heterocycles. The Bertz CT molecular complexity index is 448. The van der Waals surface area contributed by atoms with Crippen molar-refractivity contribution in [1.82, 2.24) is 0 Å². The SMILES string of the molecule is C=C(C(=C)c1ccccc1)c1ccccc1.[MgH2]. The minimum absolute atomic E-state index is 0. The van der Waals surface area contributed by atoms with Gasteiger partial charge in [-0.05, 0) is 22.3 Å². The Morgan fingerprint density at radius 1 is 0.588 bits per heavy atom. The highest BCUT2D eigenvalue weighted by Crippen LogP contribution is 2.27. The molecule has 2 aromatic carbocycles. The third-order valence-electron chi connectivity index (χ3n) is 2.61.